The highest BCUT2D eigenvalue weighted by molar-refractivity contribution is 7.11. The minimum Gasteiger partial charge on any atom is -0.446 e. The van der Waals surface area contributed by atoms with E-state index in [9.17, 15) is 0 Å². The topological polar surface area (TPSA) is 159 Å². The molecular weight excluding hydrogens is 1130 g/mol. The van der Waals surface area contributed by atoms with Gasteiger partial charge in [0.2, 0.25) is 0 Å². The average Bonchev–Trinajstić information content (AvgIpc) is 4.46. The largest absolute Gasteiger partial charge is 0.446 e. The summed E-state index contributed by atoms with van der Waals surface area (Å²) in [5.74, 6) is 7.69. The summed E-state index contributed by atoms with van der Waals surface area (Å²) >= 11 is 3.52. The molecule has 16 nitrogen and oxygen atoms in total. The number of nitrogens with zero attached hydrogens (tertiary/aromatic N) is 14. The maximum absolute atomic E-state index is 5.10. The molecule has 0 fully saturated rings. The van der Waals surface area contributed by atoms with E-state index in [1.54, 1.807) is 22.7 Å². The minimum atomic E-state index is 0.750. The molecule has 0 aliphatic carbocycles. The van der Waals surface area contributed by atoms with Gasteiger partial charge < -0.3 is 36.2 Å². The van der Waals surface area contributed by atoms with E-state index in [1.807, 2.05) is 153 Å². The third-order valence-corrected chi connectivity index (χ3v) is 19.2. The fourth-order valence-corrected chi connectivity index (χ4v) is 10.3. The highest BCUT2D eigenvalue weighted by atomic mass is 32.1. The molecule has 10 rings (SSSR count). The zero-order valence-electron chi connectivity index (χ0n) is 61.9. The monoisotopic (exact) mass is 1250 g/mol. The molecule has 10 aromatic rings. The number of hydrogen-bond acceptors (Lipinski definition) is 12. The van der Waals surface area contributed by atoms with Gasteiger partial charge in [-0.05, 0) is 230 Å². The van der Waals surface area contributed by atoms with Crippen molar-refractivity contribution in [3.8, 4) is 0 Å². The van der Waals surface area contributed by atoms with Gasteiger partial charge in [-0.2, -0.15) is 0 Å². The Morgan fingerprint density at radius 1 is 0.227 bits per heavy atom. The zero-order chi connectivity index (χ0) is 68.4. The van der Waals surface area contributed by atoms with Crippen molar-refractivity contribution < 1.29 is 8.83 Å². The van der Waals surface area contributed by atoms with Crippen molar-refractivity contribution >= 4 is 22.7 Å². The average molecular weight is 1250 g/mol. The van der Waals surface area contributed by atoms with E-state index in [-0.39, 0.29) is 0 Å². The van der Waals surface area contributed by atoms with E-state index in [1.165, 1.54) is 99.0 Å². The van der Waals surface area contributed by atoms with Gasteiger partial charge in [0.25, 0.3) is 0 Å². The second kappa shape index (κ2) is 35.3. The fourth-order valence-electron chi connectivity index (χ4n) is 8.66. The summed E-state index contributed by atoms with van der Waals surface area (Å²) in [6.07, 6.45) is 0. The van der Waals surface area contributed by atoms with Gasteiger partial charge in [-0.15, -0.1) is 22.7 Å². The first kappa shape index (κ1) is 79.1. The summed E-state index contributed by atoms with van der Waals surface area (Å²) in [5, 5.41) is 2.33. The predicted octanol–water partition coefficient (Wildman–Crippen LogP) is 17.2. The third-order valence-electron chi connectivity index (χ3n) is 17.2. The molecule has 0 saturated heterocycles. The molecule has 10 heterocycles. The van der Waals surface area contributed by atoms with Crippen LogP contribution in [0.3, 0.4) is 0 Å². The van der Waals surface area contributed by atoms with E-state index in [0.29, 0.717) is 0 Å². The highest BCUT2D eigenvalue weighted by Gasteiger charge is 2.09. The SMILES string of the molecule is Cc1c(C)c(C)n(C)c1C.Cc1c(C)c(C)n(C)c1C.Cc1nc(C)c(C)o1.Cc1nc(C)c(C)o1.Cc1nc(C)c(C)s1.Cc1nc(C)c(C)s1.Cc1nc(C)n(C)c1C.Cc1nc(C)n(C)c1C.Cc1nc(C)n(C)c1C.Cc1nc(C)n(C)c1C. The van der Waals surface area contributed by atoms with Crippen molar-refractivity contribution in [2.45, 2.75) is 222 Å². The number of aromatic nitrogens is 14. The maximum Gasteiger partial charge on any atom is 0.191 e. The molecule has 0 atom stereocenters. The van der Waals surface area contributed by atoms with E-state index in [4.69, 9.17) is 8.83 Å². The Balaban J connectivity index is 0.000000489. The zero-order valence-corrected chi connectivity index (χ0v) is 63.5. The normalized spacial score (nSPS) is 10.2. The van der Waals surface area contributed by atoms with Crippen LogP contribution in [0.1, 0.15) is 180 Å². The lowest BCUT2D eigenvalue weighted by molar-refractivity contribution is 0.493. The summed E-state index contributed by atoms with van der Waals surface area (Å²) in [7, 11) is 12.4. The Morgan fingerprint density at radius 2 is 0.432 bits per heavy atom. The van der Waals surface area contributed by atoms with E-state index < -0.39 is 0 Å². The van der Waals surface area contributed by atoms with Crippen LogP contribution in [-0.2, 0) is 42.3 Å². The van der Waals surface area contributed by atoms with Crippen molar-refractivity contribution in [2.75, 3.05) is 0 Å². The molecule has 0 unspecified atom stereocenters. The molecule has 0 radical (unpaired) electrons. The number of thiazole rings is 2. The van der Waals surface area contributed by atoms with Crippen LogP contribution in [0.2, 0.25) is 0 Å². The van der Waals surface area contributed by atoms with Gasteiger partial charge in [0, 0.05) is 111 Å². The fraction of sp³-hybridized carbons (Fsp3) is 0.543. The van der Waals surface area contributed by atoms with E-state index in [2.05, 4.69) is 178 Å². The van der Waals surface area contributed by atoms with Crippen LogP contribution in [-0.4, -0.2) is 67.3 Å². The van der Waals surface area contributed by atoms with Crippen LogP contribution in [0, 0.1) is 222 Å². The molecule has 0 aromatic carbocycles. The maximum atomic E-state index is 5.10. The van der Waals surface area contributed by atoms with Gasteiger partial charge in [0.15, 0.2) is 11.8 Å². The van der Waals surface area contributed by atoms with Gasteiger partial charge in [-0.3, -0.25) is 0 Å². The summed E-state index contributed by atoms with van der Waals surface area (Å²) in [4.78, 5) is 36.3. The molecule has 0 aliphatic rings. The Morgan fingerprint density at radius 3 is 0.477 bits per heavy atom. The van der Waals surface area contributed by atoms with Gasteiger partial charge in [-0.1, -0.05) is 0 Å². The molecule has 10 aromatic heterocycles. The van der Waals surface area contributed by atoms with Gasteiger partial charge in [0.05, 0.1) is 55.6 Å². The number of aryl methyl sites for hydroxylation is 20. The highest BCUT2D eigenvalue weighted by Crippen LogP contribution is 2.20. The van der Waals surface area contributed by atoms with Gasteiger partial charge >= 0.3 is 0 Å². The van der Waals surface area contributed by atoms with Crippen LogP contribution in [0.25, 0.3) is 0 Å². The molecular formula is C70H114N14O2S2. The lowest BCUT2D eigenvalue weighted by atomic mass is 10.2. The Hall–Kier alpha value is -6.92. The van der Waals surface area contributed by atoms with Crippen molar-refractivity contribution in [1.29, 1.82) is 0 Å². The Kier molecular flexibility index (Phi) is 31.7. The molecule has 0 saturated carbocycles. The first-order valence-electron chi connectivity index (χ1n) is 30.1. The second-order valence-electron chi connectivity index (χ2n) is 23.0. The summed E-state index contributed by atoms with van der Waals surface area (Å²) in [5.41, 5.74) is 25.1. The molecule has 0 aliphatic heterocycles. The molecule has 18 heteroatoms. The van der Waals surface area contributed by atoms with Gasteiger partial charge in [-0.25, -0.2) is 39.9 Å². The number of hydrogen-bond donors (Lipinski definition) is 0. The first-order chi connectivity index (χ1) is 40.4. The molecule has 88 heavy (non-hydrogen) atoms. The van der Waals surface area contributed by atoms with Crippen molar-refractivity contribution in [3.05, 3.63) is 180 Å². The lowest BCUT2D eigenvalue weighted by Gasteiger charge is -1.98. The summed E-state index contributed by atoms with van der Waals surface area (Å²) < 4.78 is 23.1. The smallest absolute Gasteiger partial charge is 0.191 e. The summed E-state index contributed by atoms with van der Waals surface area (Å²) in [6, 6.07) is 0. The minimum absolute atomic E-state index is 0.750. The second-order valence-corrected chi connectivity index (χ2v) is 25.8. The standard InChI is InChI=1S/2C9H15N.4C7H12N2.2C6H9NO.2C6H9NS/c2*1-6-7(2)9(4)10(5)8(6)3;4*1-5-6(2)9(4)7(3)8-5;4*1-4-5(2)8-6(3)7-4/h2*1-5H3;4*1-4H3;4*1-3H3. The number of imidazole rings is 4. The van der Waals surface area contributed by atoms with Crippen molar-refractivity contribution in [1.82, 2.24) is 67.3 Å². The van der Waals surface area contributed by atoms with E-state index >= 15 is 0 Å². The van der Waals surface area contributed by atoms with E-state index in [0.717, 1.165) is 80.8 Å². The van der Waals surface area contributed by atoms with Crippen molar-refractivity contribution in [2.24, 2.45) is 42.3 Å². The first-order valence-corrected chi connectivity index (χ1v) is 31.7. The number of rotatable bonds is 0. The van der Waals surface area contributed by atoms with Crippen LogP contribution >= 0.6 is 22.7 Å². The summed E-state index contributed by atoms with van der Waals surface area (Å²) in [6.45, 7) is 65.6. The van der Waals surface area contributed by atoms with Crippen LogP contribution in [0.15, 0.2) is 8.83 Å². The Bertz CT molecular complexity index is 3040. The molecule has 0 amide bonds. The Labute approximate surface area is 539 Å². The lowest BCUT2D eigenvalue weighted by Crippen LogP contribution is -1.92. The van der Waals surface area contributed by atoms with Crippen LogP contribution in [0.5, 0.6) is 0 Å². The number of oxazole rings is 2. The quantitative estimate of drug-likeness (QED) is 0.143. The molecule has 0 N–H and O–H groups in total. The predicted molar refractivity (Wildman–Crippen MR) is 372 cm³/mol. The van der Waals surface area contributed by atoms with Crippen LogP contribution < -0.4 is 0 Å². The van der Waals surface area contributed by atoms with Crippen molar-refractivity contribution in [3.63, 3.8) is 0 Å². The van der Waals surface area contributed by atoms with Crippen LogP contribution in [0.4, 0.5) is 0 Å². The molecule has 488 valence electrons. The van der Waals surface area contributed by atoms with Gasteiger partial charge in [0.1, 0.15) is 34.8 Å². The third kappa shape index (κ3) is 22.9. The molecule has 0 spiro atoms. The molecule has 0 bridgehead atoms.